The molecule has 0 saturated carbocycles. The van der Waals surface area contributed by atoms with Gasteiger partial charge in [0, 0.05) is 19.6 Å². The Balaban J connectivity index is 1.93. The number of nitrogens with zero attached hydrogens (tertiary/aromatic N) is 1. The van der Waals surface area contributed by atoms with Gasteiger partial charge in [-0.1, -0.05) is 24.3 Å². The molecule has 1 aromatic rings. The molecule has 4 nitrogen and oxygen atoms in total. The Morgan fingerprint density at radius 3 is 2.67 bits per heavy atom. The quantitative estimate of drug-likeness (QED) is 0.866. The zero-order valence-corrected chi connectivity index (χ0v) is 10.8. The van der Waals surface area contributed by atoms with Crippen molar-refractivity contribution in [2.24, 2.45) is 5.73 Å². The van der Waals surface area contributed by atoms with E-state index < -0.39 is 0 Å². The van der Waals surface area contributed by atoms with E-state index in [0.717, 1.165) is 11.1 Å². The molecule has 4 heteroatoms. The highest BCUT2D eigenvalue weighted by molar-refractivity contribution is 5.78. The Labute approximate surface area is 108 Å². The molecule has 1 atom stereocenters. The average molecular weight is 248 g/mol. The Kier molecular flexibility index (Phi) is 4.33. The van der Waals surface area contributed by atoms with Crippen LogP contribution < -0.4 is 5.73 Å². The summed E-state index contributed by atoms with van der Waals surface area (Å²) in [5, 5.41) is 0. The molecule has 1 fully saturated rings. The summed E-state index contributed by atoms with van der Waals surface area (Å²) in [4.78, 5) is 14.0. The fourth-order valence-electron chi connectivity index (χ4n) is 2.12. The molecule has 0 aliphatic carbocycles. The molecular weight excluding hydrogens is 228 g/mol. The molecule has 0 bridgehead atoms. The van der Waals surface area contributed by atoms with Crippen molar-refractivity contribution in [2.75, 3.05) is 19.7 Å². The first-order chi connectivity index (χ1) is 8.69. The Morgan fingerprint density at radius 1 is 1.39 bits per heavy atom. The summed E-state index contributed by atoms with van der Waals surface area (Å²) in [7, 11) is 0. The minimum absolute atomic E-state index is 0.141. The van der Waals surface area contributed by atoms with Crippen LogP contribution in [0, 0.1) is 0 Å². The Hall–Kier alpha value is -1.39. The third-order valence-corrected chi connectivity index (χ3v) is 3.21. The van der Waals surface area contributed by atoms with E-state index >= 15 is 0 Å². The lowest BCUT2D eigenvalue weighted by atomic mass is 10.1. The van der Waals surface area contributed by atoms with Gasteiger partial charge >= 0.3 is 0 Å². The largest absolute Gasteiger partial charge is 0.375 e. The second-order valence-electron chi connectivity index (χ2n) is 4.72. The molecule has 2 rings (SSSR count). The summed E-state index contributed by atoms with van der Waals surface area (Å²) in [5.74, 6) is 0.172. The predicted molar refractivity (Wildman–Crippen MR) is 70.0 cm³/mol. The van der Waals surface area contributed by atoms with Crippen molar-refractivity contribution in [1.29, 1.82) is 0 Å². The number of morpholine rings is 1. The van der Waals surface area contributed by atoms with Crippen LogP contribution in [-0.4, -0.2) is 36.6 Å². The molecule has 1 heterocycles. The standard InChI is InChI=1S/C14H20N2O2/c1-11-10-16(6-7-18-11)14(17)8-12-2-4-13(9-15)5-3-12/h2-5,11H,6-10,15H2,1H3. The number of nitrogens with two attached hydrogens (primary N) is 1. The lowest BCUT2D eigenvalue weighted by Crippen LogP contribution is -2.45. The summed E-state index contributed by atoms with van der Waals surface area (Å²) in [6, 6.07) is 7.91. The first-order valence-corrected chi connectivity index (χ1v) is 6.36. The van der Waals surface area contributed by atoms with E-state index in [0.29, 0.717) is 32.7 Å². The number of amides is 1. The van der Waals surface area contributed by atoms with Gasteiger partial charge in [-0.3, -0.25) is 4.79 Å². The van der Waals surface area contributed by atoms with Gasteiger partial charge in [0.15, 0.2) is 0 Å². The highest BCUT2D eigenvalue weighted by atomic mass is 16.5. The second-order valence-corrected chi connectivity index (χ2v) is 4.72. The van der Waals surface area contributed by atoms with Crippen LogP contribution in [0.4, 0.5) is 0 Å². The third-order valence-electron chi connectivity index (χ3n) is 3.21. The van der Waals surface area contributed by atoms with Crippen molar-refractivity contribution >= 4 is 5.91 Å². The fourth-order valence-corrected chi connectivity index (χ4v) is 2.12. The van der Waals surface area contributed by atoms with Gasteiger partial charge in [0.25, 0.3) is 0 Å². The van der Waals surface area contributed by atoms with Crippen LogP contribution in [-0.2, 0) is 22.5 Å². The number of hydrogen-bond acceptors (Lipinski definition) is 3. The Morgan fingerprint density at radius 2 is 2.06 bits per heavy atom. The lowest BCUT2D eigenvalue weighted by Gasteiger charge is -2.31. The maximum Gasteiger partial charge on any atom is 0.227 e. The monoisotopic (exact) mass is 248 g/mol. The van der Waals surface area contributed by atoms with Gasteiger partial charge in [-0.15, -0.1) is 0 Å². The summed E-state index contributed by atoms with van der Waals surface area (Å²) >= 11 is 0. The molecule has 18 heavy (non-hydrogen) atoms. The van der Waals surface area contributed by atoms with E-state index in [1.54, 1.807) is 0 Å². The number of rotatable bonds is 3. The second kappa shape index (κ2) is 5.98. The average Bonchev–Trinajstić information content (AvgIpc) is 2.39. The van der Waals surface area contributed by atoms with E-state index in [-0.39, 0.29) is 12.0 Å². The molecule has 98 valence electrons. The van der Waals surface area contributed by atoms with Crippen molar-refractivity contribution in [3.05, 3.63) is 35.4 Å². The minimum atomic E-state index is 0.141. The number of ether oxygens (including phenoxy) is 1. The fraction of sp³-hybridized carbons (Fsp3) is 0.500. The molecule has 0 aromatic heterocycles. The number of carbonyl (C=O) groups is 1. The molecule has 1 amide bonds. The van der Waals surface area contributed by atoms with Crippen LogP contribution in [0.5, 0.6) is 0 Å². The van der Waals surface area contributed by atoms with Gasteiger partial charge < -0.3 is 15.4 Å². The number of carbonyl (C=O) groups excluding carboxylic acids is 1. The molecule has 1 aliphatic heterocycles. The zero-order valence-electron chi connectivity index (χ0n) is 10.8. The maximum absolute atomic E-state index is 12.1. The van der Waals surface area contributed by atoms with Crippen molar-refractivity contribution in [2.45, 2.75) is 26.0 Å². The van der Waals surface area contributed by atoms with Gasteiger partial charge in [-0.2, -0.15) is 0 Å². The lowest BCUT2D eigenvalue weighted by molar-refractivity contribution is -0.137. The summed E-state index contributed by atoms with van der Waals surface area (Å²) in [5.41, 5.74) is 7.67. The summed E-state index contributed by atoms with van der Waals surface area (Å²) in [6.45, 7) is 4.56. The Bertz CT molecular complexity index is 403. The van der Waals surface area contributed by atoms with Gasteiger partial charge in [0.05, 0.1) is 19.1 Å². The van der Waals surface area contributed by atoms with Gasteiger partial charge in [0.2, 0.25) is 5.91 Å². The summed E-state index contributed by atoms with van der Waals surface area (Å²) < 4.78 is 5.43. The predicted octanol–water partition coefficient (Wildman–Crippen LogP) is 0.935. The maximum atomic E-state index is 12.1. The molecular formula is C14H20N2O2. The molecule has 2 N–H and O–H groups in total. The number of benzene rings is 1. The van der Waals surface area contributed by atoms with E-state index in [4.69, 9.17) is 10.5 Å². The van der Waals surface area contributed by atoms with Crippen molar-refractivity contribution in [3.63, 3.8) is 0 Å². The van der Waals surface area contributed by atoms with Gasteiger partial charge in [-0.25, -0.2) is 0 Å². The van der Waals surface area contributed by atoms with Crippen LogP contribution >= 0.6 is 0 Å². The normalized spacial score (nSPS) is 19.9. The van der Waals surface area contributed by atoms with Crippen molar-refractivity contribution in [1.82, 2.24) is 4.90 Å². The van der Waals surface area contributed by atoms with Crippen LogP contribution in [0.15, 0.2) is 24.3 Å². The van der Waals surface area contributed by atoms with Crippen LogP contribution in [0.2, 0.25) is 0 Å². The highest BCUT2D eigenvalue weighted by Crippen LogP contribution is 2.09. The van der Waals surface area contributed by atoms with Crippen LogP contribution in [0.1, 0.15) is 18.1 Å². The van der Waals surface area contributed by atoms with Crippen LogP contribution in [0.3, 0.4) is 0 Å². The first kappa shape index (κ1) is 13.1. The highest BCUT2D eigenvalue weighted by Gasteiger charge is 2.21. The molecule has 0 radical (unpaired) electrons. The first-order valence-electron chi connectivity index (χ1n) is 6.36. The van der Waals surface area contributed by atoms with Gasteiger partial charge in [-0.05, 0) is 18.1 Å². The zero-order chi connectivity index (χ0) is 13.0. The minimum Gasteiger partial charge on any atom is -0.375 e. The van der Waals surface area contributed by atoms with Gasteiger partial charge in [0.1, 0.15) is 0 Å². The van der Waals surface area contributed by atoms with Crippen molar-refractivity contribution < 1.29 is 9.53 Å². The molecule has 0 spiro atoms. The van der Waals surface area contributed by atoms with E-state index in [1.807, 2.05) is 36.1 Å². The van der Waals surface area contributed by atoms with E-state index in [2.05, 4.69) is 0 Å². The summed E-state index contributed by atoms with van der Waals surface area (Å²) in [6.07, 6.45) is 0.597. The number of hydrogen-bond donors (Lipinski definition) is 1. The van der Waals surface area contributed by atoms with Crippen LogP contribution in [0.25, 0.3) is 0 Å². The topological polar surface area (TPSA) is 55.6 Å². The van der Waals surface area contributed by atoms with E-state index in [9.17, 15) is 4.79 Å². The van der Waals surface area contributed by atoms with E-state index in [1.165, 1.54) is 0 Å². The van der Waals surface area contributed by atoms with Crippen molar-refractivity contribution in [3.8, 4) is 0 Å². The molecule has 1 saturated heterocycles. The third kappa shape index (κ3) is 3.31. The SMILES string of the molecule is CC1CN(C(=O)Cc2ccc(CN)cc2)CCO1. The molecule has 1 aromatic carbocycles. The smallest absolute Gasteiger partial charge is 0.227 e. The molecule has 1 aliphatic rings. The molecule has 1 unspecified atom stereocenters.